The van der Waals surface area contributed by atoms with Gasteiger partial charge in [0.2, 0.25) is 0 Å². The minimum Gasteiger partial charge on any atom is -0.396 e. The number of ether oxygens (including phenoxy) is 2. The van der Waals surface area contributed by atoms with Crippen molar-refractivity contribution < 1.29 is 9.47 Å². The average Bonchev–Trinajstić information content (AvgIpc) is 2.35. The number of anilines is 2. The van der Waals surface area contributed by atoms with Gasteiger partial charge >= 0.3 is 0 Å². The van der Waals surface area contributed by atoms with Crippen molar-refractivity contribution in [1.29, 1.82) is 0 Å². The van der Waals surface area contributed by atoms with E-state index in [0.717, 1.165) is 23.6 Å². The van der Waals surface area contributed by atoms with Crippen LogP contribution < -0.4 is 10.6 Å². The molecule has 0 bridgehead atoms. The van der Waals surface area contributed by atoms with E-state index in [-0.39, 0.29) is 6.04 Å². The maximum Gasteiger partial charge on any atom is 0.152 e. The summed E-state index contributed by atoms with van der Waals surface area (Å²) < 4.78 is 10.3. The first-order valence-corrected chi connectivity index (χ1v) is 6.07. The van der Waals surface area contributed by atoms with Gasteiger partial charge in [-0.1, -0.05) is 0 Å². The predicted octanol–water partition coefficient (Wildman–Crippen LogP) is 1.46. The highest BCUT2D eigenvalue weighted by atomic mass is 16.5. The Morgan fingerprint density at radius 2 is 2.11 bits per heavy atom. The van der Waals surface area contributed by atoms with Gasteiger partial charge in [-0.05, 0) is 25.5 Å². The summed E-state index contributed by atoms with van der Waals surface area (Å²) in [7, 11) is 3.38. The third-order valence-electron chi connectivity index (χ3n) is 2.94. The quantitative estimate of drug-likeness (QED) is 0.797. The zero-order chi connectivity index (χ0) is 13.5. The molecule has 5 heteroatoms. The summed E-state index contributed by atoms with van der Waals surface area (Å²) in [5.41, 5.74) is 7.86. The van der Waals surface area contributed by atoms with E-state index in [1.54, 1.807) is 20.4 Å². The molecular weight excluding hydrogens is 230 g/mol. The molecular formula is C13H23N3O2. The van der Waals surface area contributed by atoms with E-state index in [0.29, 0.717) is 13.2 Å². The van der Waals surface area contributed by atoms with Crippen LogP contribution in [0.15, 0.2) is 12.3 Å². The molecule has 0 saturated carbocycles. The van der Waals surface area contributed by atoms with Crippen LogP contribution in [0.25, 0.3) is 0 Å². The van der Waals surface area contributed by atoms with Crippen LogP contribution in [0.1, 0.15) is 12.5 Å². The Kier molecular flexibility index (Phi) is 5.88. The zero-order valence-electron chi connectivity index (χ0n) is 11.6. The highest BCUT2D eigenvalue weighted by molar-refractivity contribution is 5.66. The maximum absolute atomic E-state index is 6.10. The van der Waals surface area contributed by atoms with Crippen molar-refractivity contribution in [2.75, 3.05) is 44.6 Å². The average molecular weight is 253 g/mol. The summed E-state index contributed by atoms with van der Waals surface area (Å²) in [6.45, 7) is 6.06. The molecule has 0 spiro atoms. The molecule has 0 radical (unpaired) electrons. The fourth-order valence-corrected chi connectivity index (χ4v) is 1.84. The van der Waals surface area contributed by atoms with Gasteiger partial charge in [-0.25, -0.2) is 4.98 Å². The molecule has 1 aromatic rings. The molecule has 5 nitrogen and oxygen atoms in total. The van der Waals surface area contributed by atoms with Crippen molar-refractivity contribution in [3.8, 4) is 0 Å². The number of nitrogens with zero attached hydrogens (tertiary/aromatic N) is 2. The smallest absolute Gasteiger partial charge is 0.152 e. The molecule has 0 aromatic carbocycles. The van der Waals surface area contributed by atoms with Crippen LogP contribution in [-0.4, -0.2) is 45.0 Å². The topological polar surface area (TPSA) is 60.6 Å². The SMILES string of the molecule is COCCN(c1nccc(C)c1N)C(C)COC. The molecule has 0 amide bonds. The van der Waals surface area contributed by atoms with E-state index in [1.807, 2.05) is 13.0 Å². The molecule has 0 aliphatic heterocycles. The summed E-state index contributed by atoms with van der Waals surface area (Å²) >= 11 is 0. The molecule has 1 atom stereocenters. The molecule has 1 heterocycles. The van der Waals surface area contributed by atoms with Crippen LogP contribution in [0.5, 0.6) is 0 Å². The molecule has 0 saturated heterocycles. The number of hydrogen-bond acceptors (Lipinski definition) is 5. The van der Waals surface area contributed by atoms with Crippen molar-refractivity contribution in [1.82, 2.24) is 4.98 Å². The minimum atomic E-state index is 0.196. The van der Waals surface area contributed by atoms with Gasteiger partial charge < -0.3 is 20.1 Å². The highest BCUT2D eigenvalue weighted by Crippen LogP contribution is 2.24. The minimum absolute atomic E-state index is 0.196. The standard InChI is InChI=1S/C13H23N3O2/c1-10-5-6-15-13(12(10)14)16(7-8-17-3)11(2)9-18-4/h5-6,11H,7-9,14H2,1-4H3. The van der Waals surface area contributed by atoms with Gasteiger partial charge in [0.05, 0.1) is 24.9 Å². The third-order valence-corrected chi connectivity index (χ3v) is 2.94. The van der Waals surface area contributed by atoms with Crippen molar-refractivity contribution >= 4 is 11.5 Å². The second kappa shape index (κ2) is 7.18. The van der Waals surface area contributed by atoms with Crippen LogP contribution >= 0.6 is 0 Å². The van der Waals surface area contributed by atoms with E-state index in [4.69, 9.17) is 15.2 Å². The van der Waals surface area contributed by atoms with Gasteiger partial charge in [0.1, 0.15) is 0 Å². The van der Waals surface area contributed by atoms with Gasteiger partial charge in [-0.15, -0.1) is 0 Å². The van der Waals surface area contributed by atoms with Crippen molar-refractivity contribution in [3.63, 3.8) is 0 Å². The first kappa shape index (κ1) is 14.7. The van der Waals surface area contributed by atoms with E-state index in [9.17, 15) is 0 Å². The van der Waals surface area contributed by atoms with Gasteiger partial charge in [0, 0.05) is 27.0 Å². The summed E-state index contributed by atoms with van der Waals surface area (Å²) in [6.07, 6.45) is 1.78. The van der Waals surface area contributed by atoms with Gasteiger partial charge in [-0.3, -0.25) is 0 Å². The van der Waals surface area contributed by atoms with E-state index >= 15 is 0 Å². The fourth-order valence-electron chi connectivity index (χ4n) is 1.84. The summed E-state index contributed by atoms with van der Waals surface area (Å²) in [5, 5.41) is 0. The molecule has 1 unspecified atom stereocenters. The number of rotatable bonds is 7. The van der Waals surface area contributed by atoms with E-state index in [1.165, 1.54) is 0 Å². The number of nitrogen functional groups attached to an aromatic ring is 1. The normalized spacial score (nSPS) is 12.4. The monoisotopic (exact) mass is 253 g/mol. The first-order chi connectivity index (χ1) is 8.61. The lowest BCUT2D eigenvalue weighted by Gasteiger charge is -2.30. The second-order valence-corrected chi connectivity index (χ2v) is 4.36. The first-order valence-electron chi connectivity index (χ1n) is 6.07. The Hall–Kier alpha value is -1.33. The molecule has 0 aliphatic carbocycles. The molecule has 102 valence electrons. The Morgan fingerprint density at radius 3 is 2.72 bits per heavy atom. The number of aryl methyl sites for hydroxylation is 1. The van der Waals surface area contributed by atoms with E-state index in [2.05, 4.69) is 16.8 Å². The summed E-state index contributed by atoms with van der Waals surface area (Å²) in [6, 6.07) is 2.11. The molecule has 18 heavy (non-hydrogen) atoms. The number of hydrogen-bond donors (Lipinski definition) is 1. The number of methoxy groups -OCH3 is 2. The van der Waals surface area contributed by atoms with Crippen molar-refractivity contribution in [3.05, 3.63) is 17.8 Å². The summed E-state index contributed by atoms with van der Waals surface area (Å²) in [4.78, 5) is 6.51. The Bertz CT molecular complexity index is 371. The lowest BCUT2D eigenvalue weighted by Crippen LogP contribution is -2.39. The van der Waals surface area contributed by atoms with Crippen LogP contribution in [0, 0.1) is 6.92 Å². The molecule has 1 rings (SSSR count). The predicted molar refractivity (Wildman–Crippen MR) is 73.9 cm³/mol. The van der Waals surface area contributed by atoms with Crippen LogP contribution in [0.3, 0.4) is 0 Å². The summed E-state index contributed by atoms with van der Waals surface area (Å²) in [5.74, 6) is 0.802. The van der Waals surface area contributed by atoms with Crippen LogP contribution in [-0.2, 0) is 9.47 Å². The highest BCUT2D eigenvalue weighted by Gasteiger charge is 2.18. The van der Waals surface area contributed by atoms with Gasteiger partial charge in [0.25, 0.3) is 0 Å². The lowest BCUT2D eigenvalue weighted by molar-refractivity contribution is 0.170. The Morgan fingerprint density at radius 1 is 1.39 bits per heavy atom. The fraction of sp³-hybridized carbons (Fsp3) is 0.615. The van der Waals surface area contributed by atoms with Crippen molar-refractivity contribution in [2.24, 2.45) is 0 Å². The van der Waals surface area contributed by atoms with Crippen LogP contribution in [0.2, 0.25) is 0 Å². The Balaban J connectivity index is 2.97. The van der Waals surface area contributed by atoms with Crippen molar-refractivity contribution in [2.45, 2.75) is 19.9 Å². The number of aromatic nitrogens is 1. The maximum atomic E-state index is 6.10. The van der Waals surface area contributed by atoms with Gasteiger partial charge in [-0.2, -0.15) is 0 Å². The lowest BCUT2D eigenvalue weighted by atomic mass is 10.2. The third kappa shape index (κ3) is 3.58. The Labute approximate surface area is 109 Å². The molecule has 0 aliphatic rings. The van der Waals surface area contributed by atoms with E-state index < -0.39 is 0 Å². The molecule has 2 N–H and O–H groups in total. The largest absolute Gasteiger partial charge is 0.396 e. The van der Waals surface area contributed by atoms with Crippen LogP contribution in [0.4, 0.5) is 11.5 Å². The number of pyridine rings is 1. The molecule has 0 fully saturated rings. The zero-order valence-corrected chi connectivity index (χ0v) is 11.6. The second-order valence-electron chi connectivity index (χ2n) is 4.36. The molecule has 1 aromatic heterocycles. The van der Waals surface area contributed by atoms with Gasteiger partial charge in [0.15, 0.2) is 5.82 Å². The number of nitrogens with two attached hydrogens (primary N) is 1.